The Bertz CT molecular complexity index is 674. The summed E-state index contributed by atoms with van der Waals surface area (Å²) in [5.41, 5.74) is 6.64. The lowest BCUT2D eigenvalue weighted by Gasteiger charge is -2.17. The van der Waals surface area contributed by atoms with Gasteiger partial charge in [-0.2, -0.15) is 0 Å². The number of aromatic hydroxyl groups is 1. The summed E-state index contributed by atoms with van der Waals surface area (Å²) in [6.07, 6.45) is 8.65. The van der Waals surface area contributed by atoms with Crippen LogP contribution < -0.4 is 0 Å². The van der Waals surface area contributed by atoms with Crippen molar-refractivity contribution in [3.05, 3.63) is 58.2 Å². The van der Waals surface area contributed by atoms with Crippen LogP contribution in [0.15, 0.2) is 41.5 Å². The van der Waals surface area contributed by atoms with E-state index in [4.69, 9.17) is 9.47 Å². The molecule has 1 aliphatic heterocycles. The number of hydrogen-bond donors (Lipinski definition) is 1. The second kappa shape index (κ2) is 9.75. The standard InChI is InChI=1S/C23H32O3/c1-6-7-19(14-20-12-16(2)23(24)17(3)13-20)8-9-22-21(10-11-26-22)18(4)15-25-5/h10,12-14,22,24H,4,6-9,11,15H2,1-3,5H3/b19-14+. The fraction of sp³-hybridized carbons (Fsp3) is 0.478. The molecule has 26 heavy (non-hydrogen) atoms. The molecule has 142 valence electrons. The van der Waals surface area contributed by atoms with Gasteiger partial charge in [0.15, 0.2) is 0 Å². The third kappa shape index (κ3) is 5.33. The van der Waals surface area contributed by atoms with Crippen molar-refractivity contribution < 1.29 is 14.6 Å². The van der Waals surface area contributed by atoms with Crippen LogP contribution in [0.5, 0.6) is 5.75 Å². The quantitative estimate of drug-likeness (QED) is 0.635. The van der Waals surface area contributed by atoms with Crippen molar-refractivity contribution in [1.82, 2.24) is 0 Å². The van der Waals surface area contributed by atoms with Gasteiger partial charge in [0, 0.05) is 7.11 Å². The molecule has 1 aromatic rings. The minimum absolute atomic E-state index is 0.112. The first kappa shape index (κ1) is 20.5. The maximum Gasteiger partial charge on any atom is 0.121 e. The summed E-state index contributed by atoms with van der Waals surface area (Å²) in [7, 11) is 1.69. The monoisotopic (exact) mass is 356 g/mol. The molecule has 1 unspecified atom stereocenters. The van der Waals surface area contributed by atoms with E-state index in [9.17, 15) is 5.11 Å². The van der Waals surface area contributed by atoms with Crippen molar-refractivity contribution in [2.45, 2.75) is 52.6 Å². The predicted molar refractivity (Wildman–Crippen MR) is 109 cm³/mol. The Balaban J connectivity index is 2.09. The highest BCUT2D eigenvalue weighted by Crippen LogP contribution is 2.29. The lowest BCUT2D eigenvalue weighted by Crippen LogP contribution is -2.13. The van der Waals surface area contributed by atoms with Crippen LogP contribution in [0.3, 0.4) is 0 Å². The molecule has 0 spiro atoms. The first-order chi connectivity index (χ1) is 12.5. The lowest BCUT2D eigenvalue weighted by atomic mass is 9.94. The Morgan fingerprint density at radius 2 is 2.00 bits per heavy atom. The predicted octanol–water partition coefficient (Wildman–Crippen LogP) is 5.50. The first-order valence-corrected chi connectivity index (χ1v) is 9.44. The molecule has 0 aliphatic carbocycles. The van der Waals surface area contributed by atoms with Crippen molar-refractivity contribution in [3.63, 3.8) is 0 Å². The molecule has 1 atom stereocenters. The normalized spacial score (nSPS) is 17.5. The van der Waals surface area contributed by atoms with Gasteiger partial charge in [-0.15, -0.1) is 0 Å². The Morgan fingerprint density at radius 3 is 2.62 bits per heavy atom. The summed E-state index contributed by atoms with van der Waals surface area (Å²) < 4.78 is 11.1. The van der Waals surface area contributed by atoms with Crippen molar-refractivity contribution in [3.8, 4) is 5.75 Å². The molecule has 0 saturated carbocycles. The van der Waals surface area contributed by atoms with Crippen molar-refractivity contribution >= 4 is 6.08 Å². The zero-order valence-corrected chi connectivity index (χ0v) is 16.6. The van der Waals surface area contributed by atoms with Gasteiger partial charge in [0.25, 0.3) is 0 Å². The lowest BCUT2D eigenvalue weighted by molar-refractivity contribution is 0.115. The molecule has 0 aromatic heterocycles. The molecule has 0 amide bonds. The molecule has 0 bridgehead atoms. The van der Waals surface area contributed by atoms with E-state index >= 15 is 0 Å². The summed E-state index contributed by atoms with van der Waals surface area (Å²) in [5, 5.41) is 9.98. The molecule has 3 nitrogen and oxygen atoms in total. The van der Waals surface area contributed by atoms with E-state index in [1.165, 1.54) is 11.1 Å². The third-order valence-corrected chi connectivity index (χ3v) is 4.86. The number of methoxy groups -OCH3 is 1. The summed E-state index contributed by atoms with van der Waals surface area (Å²) in [5.74, 6) is 0.394. The minimum atomic E-state index is 0.112. The number of hydrogen-bond acceptors (Lipinski definition) is 3. The fourth-order valence-corrected chi connectivity index (χ4v) is 3.56. The van der Waals surface area contributed by atoms with Gasteiger partial charge >= 0.3 is 0 Å². The number of phenolic OH excluding ortho intramolecular Hbond substituents is 1. The molecule has 0 saturated heterocycles. The summed E-state index contributed by atoms with van der Waals surface area (Å²) in [6, 6.07) is 4.10. The van der Waals surface area contributed by atoms with Crippen LogP contribution in [0.4, 0.5) is 0 Å². The van der Waals surface area contributed by atoms with Crippen molar-refractivity contribution in [1.29, 1.82) is 0 Å². The van der Waals surface area contributed by atoms with Crippen molar-refractivity contribution in [2.75, 3.05) is 20.3 Å². The highest BCUT2D eigenvalue weighted by molar-refractivity contribution is 5.58. The molecular formula is C23H32O3. The molecule has 3 heteroatoms. The van der Waals surface area contributed by atoms with Gasteiger partial charge in [-0.05, 0) is 73.1 Å². The Morgan fingerprint density at radius 1 is 1.31 bits per heavy atom. The highest BCUT2D eigenvalue weighted by atomic mass is 16.5. The van der Waals surface area contributed by atoms with Crippen LogP contribution in [0.25, 0.3) is 6.08 Å². The highest BCUT2D eigenvalue weighted by Gasteiger charge is 2.22. The second-order valence-electron chi connectivity index (χ2n) is 7.11. The molecule has 1 heterocycles. The fourth-order valence-electron chi connectivity index (χ4n) is 3.56. The topological polar surface area (TPSA) is 38.7 Å². The Kier molecular flexibility index (Phi) is 7.67. The molecule has 0 fully saturated rings. The van der Waals surface area contributed by atoms with Crippen LogP contribution in [0, 0.1) is 13.8 Å². The maximum atomic E-state index is 9.98. The molecule has 0 radical (unpaired) electrons. The van der Waals surface area contributed by atoms with Gasteiger partial charge < -0.3 is 14.6 Å². The van der Waals surface area contributed by atoms with Gasteiger partial charge in [0.2, 0.25) is 0 Å². The van der Waals surface area contributed by atoms with E-state index in [1.54, 1.807) is 7.11 Å². The van der Waals surface area contributed by atoms with Crippen molar-refractivity contribution in [2.24, 2.45) is 0 Å². The van der Waals surface area contributed by atoms with E-state index in [2.05, 4.69) is 37.8 Å². The number of rotatable bonds is 9. The molecule has 1 aliphatic rings. The van der Waals surface area contributed by atoms with E-state index in [0.717, 1.165) is 47.9 Å². The molecule has 1 aromatic carbocycles. The Hall–Kier alpha value is -1.84. The average Bonchev–Trinajstić information content (AvgIpc) is 3.06. The SMILES string of the molecule is C=C(COC)C1=CCOC1CC/C(=C/c1cc(C)c(O)c(C)c1)CCC. The van der Waals surface area contributed by atoms with Gasteiger partial charge in [0.05, 0.1) is 19.3 Å². The maximum absolute atomic E-state index is 9.98. The average molecular weight is 357 g/mol. The molecular weight excluding hydrogens is 324 g/mol. The molecule has 2 rings (SSSR count). The summed E-state index contributed by atoms with van der Waals surface area (Å²) in [6.45, 7) is 11.4. The number of phenols is 1. The zero-order valence-electron chi connectivity index (χ0n) is 16.6. The van der Waals surface area contributed by atoms with Crippen LogP contribution in [-0.2, 0) is 9.47 Å². The van der Waals surface area contributed by atoms with E-state index < -0.39 is 0 Å². The van der Waals surface area contributed by atoms with Crippen LogP contribution in [0.1, 0.15) is 49.3 Å². The Labute approximate surface area is 158 Å². The minimum Gasteiger partial charge on any atom is -0.507 e. The van der Waals surface area contributed by atoms with Crippen LogP contribution in [-0.4, -0.2) is 31.5 Å². The smallest absolute Gasteiger partial charge is 0.121 e. The number of allylic oxidation sites excluding steroid dienone is 1. The van der Waals surface area contributed by atoms with E-state index in [0.29, 0.717) is 19.0 Å². The number of ether oxygens (including phenoxy) is 2. The van der Waals surface area contributed by atoms with E-state index in [1.807, 2.05) is 13.8 Å². The second-order valence-corrected chi connectivity index (χ2v) is 7.11. The van der Waals surface area contributed by atoms with E-state index in [-0.39, 0.29) is 6.10 Å². The first-order valence-electron chi connectivity index (χ1n) is 9.44. The number of aryl methyl sites for hydroxylation is 2. The van der Waals surface area contributed by atoms with Gasteiger partial charge in [-0.1, -0.05) is 37.6 Å². The van der Waals surface area contributed by atoms with Crippen LogP contribution >= 0.6 is 0 Å². The largest absolute Gasteiger partial charge is 0.507 e. The summed E-state index contributed by atoms with van der Waals surface area (Å²) >= 11 is 0. The van der Waals surface area contributed by atoms with Crippen LogP contribution in [0.2, 0.25) is 0 Å². The van der Waals surface area contributed by atoms with Gasteiger partial charge in [0.1, 0.15) is 5.75 Å². The van der Waals surface area contributed by atoms with Gasteiger partial charge in [-0.3, -0.25) is 0 Å². The van der Waals surface area contributed by atoms with Gasteiger partial charge in [-0.25, -0.2) is 0 Å². The third-order valence-electron chi connectivity index (χ3n) is 4.86. The number of benzene rings is 1. The molecule has 1 N–H and O–H groups in total. The summed E-state index contributed by atoms with van der Waals surface area (Å²) in [4.78, 5) is 0. The zero-order chi connectivity index (χ0) is 19.1.